The molecular weight excluding hydrogens is 468 g/mol. The van der Waals surface area contributed by atoms with Crippen molar-refractivity contribution < 1.29 is 14.5 Å². The van der Waals surface area contributed by atoms with E-state index in [0.29, 0.717) is 27.7 Å². The minimum atomic E-state index is -0.599. The van der Waals surface area contributed by atoms with Gasteiger partial charge >= 0.3 is 0 Å². The molecule has 0 aliphatic heterocycles. The summed E-state index contributed by atoms with van der Waals surface area (Å²) in [7, 11) is 0. The first-order chi connectivity index (χ1) is 15.9. The van der Waals surface area contributed by atoms with E-state index in [9.17, 15) is 9.90 Å². The number of carbonyl (C=O) groups is 1. The van der Waals surface area contributed by atoms with Gasteiger partial charge in [0, 0.05) is 21.2 Å². The lowest BCUT2D eigenvalue weighted by Gasteiger charge is -2.07. The molecular formula is C20H17ClN8O3S. The molecule has 0 radical (unpaired) electrons. The van der Waals surface area contributed by atoms with Crippen LogP contribution in [0.1, 0.15) is 28.7 Å². The number of nitrogens with one attached hydrogen (secondary N) is 1. The van der Waals surface area contributed by atoms with E-state index in [0.717, 1.165) is 4.90 Å². The van der Waals surface area contributed by atoms with Crippen LogP contribution in [0.2, 0.25) is 5.02 Å². The third-order valence-corrected chi connectivity index (χ3v) is 5.76. The Morgan fingerprint density at radius 2 is 2.00 bits per heavy atom. The van der Waals surface area contributed by atoms with Crippen molar-refractivity contribution in [3.8, 4) is 11.6 Å². The Kier molecular flexibility index (Phi) is 6.56. The number of hydrazone groups is 1. The summed E-state index contributed by atoms with van der Waals surface area (Å²) < 4.78 is 5.95. The number of nitrogens with zero attached hydrogens (tertiary/aromatic N) is 6. The highest BCUT2D eigenvalue weighted by Gasteiger charge is 2.24. The number of nitrogens with two attached hydrogens (primary N) is 1. The molecule has 0 bridgehead atoms. The molecule has 4 N–H and O–H groups in total. The molecule has 0 atom stereocenters. The van der Waals surface area contributed by atoms with Crippen molar-refractivity contribution in [2.75, 3.05) is 5.73 Å². The molecule has 0 spiro atoms. The van der Waals surface area contributed by atoms with Gasteiger partial charge in [0.15, 0.2) is 5.69 Å². The maximum Gasteiger partial charge on any atom is 0.293 e. The molecule has 2 aromatic heterocycles. The van der Waals surface area contributed by atoms with Gasteiger partial charge in [0.1, 0.15) is 5.75 Å². The first-order valence-corrected chi connectivity index (χ1v) is 10.8. The molecule has 1 amide bonds. The average Bonchev–Trinajstić information content (AvgIpc) is 3.42. The van der Waals surface area contributed by atoms with Crippen molar-refractivity contribution in [2.45, 2.75) is 17.6 Å². The summed E-state index contributed by atoms with van der Waals surface area (Å²) in [6, 6.07) is 13.9. The lowest BCUT2D eigenvalue weighted by atomic mass is 10.1. The zero-order valence-corrected chi connectivity index (χ0v) is 18.7. The lowest BCUT2D eigenvalue weighted by molar-refractivity contribution is 0.0949. The van der Waals surface area contributed by atoms with E-state index in [4.69, 9.17) is 17.3 Å². The number of hydrogen-bond donors (Lipinski definition) is 3. The zero-order chi connectivity index (χ0) is 23.4. The number of aromatic nitrogens is 5. The quantitative estimate of drug-likeness (QED) is 0.203. The largest absolute Gasteiger partial charge is 0.507 e. The Morgan fingerprint density at radius 3 is 2.70 bits per heavy atom. The van der Waals surface area contributed by atoms with Crippen LogP contribution in [0.4, 0.5) is 5.82 Å². The van der Waals surface area contributed by atoms with Crippen LogP contribution >= 0.6 is 23.4 Å². The first-order valence-electron chi connectivity index (χ1n) is 9.48. The number of rotatable bonds is 7. The number of halogens is 1. The van der Waals surface area contributed by atoms with Crippen LogP contribution in [0.25, 0.3) is 5.82 Å². The fraction of sp³-hybridized carbons (Fsp3) is 0.100. The monoisotopic (exact) mass is 484 g/mol. The summed E-state index contributed by atoms with van der Waals surface area (Å²) in [5, 5.41) is 30.0. The average molecular weight is 485 g/mol. The molecule has 0 aliphatic rings. The topological polar surface area (TPSA) is 157 Å². The van der Waals surface area contributed by atoms with E-state index in [-0.39, 0.29) is 23.1 Å². The second-order valence-electron chi connectivity index (χ2n) is 6.67. The number of para-hydroxylation sites is 1. The Morgan fingerprint density at radius 1 is 1.24 bits per heavy atom. The van der Waals surface area contributed by atoms with Crippen LogP contribution in [0, 0.1) is 0 Å². The van der Waals surface area contributed by atoms with Gasteiger partial charge in [-0.25, -0.2) is 10.1 Å². The van der Waals surface area contributed by atoms with Crippen molar-refractivity contribution in [3.63, 3.8) is 0 Å². The van der Waals surface area contributed by atoms with Crippen LogP contribution in [-0.4, -0.2) is 42.0 Å². The lowest BCUT2D eigenvalue weighted by Crippen LogP contribution is -2.21. The molecule has 0 saturated carbocycles. The van der Waals surface area contributed by atoms with Gasteiger partial charge in [-0.15, -0.1) is 16.9 Å². The Balaban J connectivity index is 1.61. The van der Waals surface area contributed by atoms with Crippen LogP contribution in [0.15, 0.2) is 63.2 Å². The van der Waals surface area contributed by atoms with E-state index >= 15 is 0 Å². The smallest absolute Gasteiger partial charge is 0.293 e. The van der Waals surface area contributed by atoms with Gasteiger partial charge in [0.25, 0.3) is 5.91 Å². The molecule has 4 rings (SSSR count). The Hall–Kier alpha value is -3.90. The number of nitrogen functional groups attached to an aromatic ring is 1. The summed E-state index contributed by atoms with van der Waals surface area (Å²) in [6.45, 7) is 1.66. The van der Waals surface area contributed by atoms with Gasteiger partial charge in [-0.1, -0.05) is 28.9 Å². The zero-order valence-electron chi connectivity index (χ0n) is 17.1. The van der Waals surface area contributed by atoms with Crippen LogP contribution in [0.5, 0.6) is 5.75 Å². The number of amides is 1. The maximum absolute atomic E-state index is 12.9. The number of phenolic OH excluding ortho intramolecular Hbond substituents is 1. The molecule has 0 saturated heterocycles. The normalized spacial score (nSPS) is 11.5. The number of benzene rings is 2. The highest BCUT2D eigenvalue weighted by molar-refractivity contribution is 7.98. The Bertz CT molecular complexity index is 1320. The predicted molar refractivity (Wildman–Crippen MR) is 122 cm³/mol. The number of thioether (sulfide) groups is 1. The van der Waals surface area contributed by atoms with Gasteiger partial charge in [-0.05, 0) is 53.6 Å². The van der Waals surface area contributed by atoms with Crippen molar-refractivity contribution in [1.82, 2.24) is 30.7 Å². The standard InChI is InChI=1S/C20H17ClN8O3S/c1-11(14-4-2-3-5-16(14)30)23-25-20(31)17-15(10-33-13-8-6-12(21)7-9-13)29(28-24-17)19-18(22)26-32-27-19/h2-9,30H,10H2,1H3,(H2,22,26)(H,25,31)/b23-11+. The molecule has 0 fully saturated rings. The van der Waals surface area contributed by atoms with Crippen molar-refractivity contribution in [1.29, 1.82) is 0 Å². The molecule has 0 unspecified atom stereocenters. The van der Waals surface area contributed by atoms with E-state index in [1.165, 1.54) is 22.5 Å². The summed E-state index contributed by atoms with van der Waals surface area (Å²) in [4.78, 5) is 13.8. The van der Waals surface area contributed by atoms with Gasteiger partial charge in [-0.2, -0.15) is 9.78 Å². The van der Waals surface area contributed by atoms with E-state index in [1.54, 1.807) is 37.3 Å². The third kappa shape index (κ3) is 4.96. The fourth-order valence-corrected chi connectivity index (χ4v) is 3.84. The number of phenols is 1. The fourth-order valence-electron chi connectivity index (χ4n) is 2.83. The third-order valence-electron chi connectivity index (χ3n) is 4.48. The molecule has 2 heterocycles. The summed E-state index contributed by atoms with van der Waals surface area (Å²) >= 11 is 7.38. The minimum absolute atomic E-state index is 0.00183. The number of aromatic hydroxyl groups is 1. The van der Waals surface area contributed by atoms with Gasteiger partial charge in [0.2, 0.25) is 11.6 Å². The highest BCUT2D eigenvalue weighted by atomic mass is 35.5. The molecule has 2 aromatic carbocycles. The number of anilines is 1. The second kappa shape index (κ2) is 9.71. The predicted octanol–water partition coefficient (Wildman–Crippen LogP) is 3.04. The molecule has 33 heavy (non-hydrogen) atoms. The van der Waals surface area contributed by atoms with Crippen molar-refractivity contribution in [3.05, 3.63) is 70.5 Å². The summed E-state index contributed by atoms with van der Waals surface area (Å²) in [5.41, 5.74) is 9.58. The SMILES string of the molecule is C/C(=N\NC(=O)c1nnn(-c2nonc2N)c1CSc1ccc(Cl)cc1)c1ccccc1O. The van der Waals surface area contributed by atoms with Gasteiger partial charge in [-0.3, -0.25) is 4.79 Å². The molecule has 4 aromatic rings. The van der Waals surface area contributed by atoms with Crippen LogP contribution < -0.4 is 11.2 Å². The van der Waals surface area contributed by atoms with E-state index < -0.39 is 5.91 Å². The number of hydrogen-bond acceptors (Lipinski definition) is 10. The molecule has 0 aliphatic carbocycles. The highest BCUT2D eigenvalue weighted by Crippen LogP contribution is 2.27. The van der Waals surface area contributed by atoms with Gasteiger partial charge in [0.05, 0.1) is 11.4 Å². The van der Waals surface area contributed by atoms with E-state index in [1.807, 2.05) is 12.1 Å². The molecule has 13 heteroatoms. The summed E-state index contributed by atoms with van der Waals surface area (Å²) in [6.07, 6.45) is 0. The molecule has 11 nitrogen and oxygen atoms in total. The molecule has 168 valence electrons. The number of carbonyl (C=O) groups excluding carboxylic acids is 1. The van der Waals surface area contributed by atoms with Gasteiger partial charge < -0.3 is 10.8 Å². The van der Waals surface area contributed by atoms with Crippen molar-refractivity contribution in [2.24, 2.45) is 5.10 Å². The van der Waals surface area contributed by atoms with E-state index in [2.05, 4.69) is 35.8 Å². The van der Waals surface area contributed by atoms with Crippen molar-refractivity contribution >= 4 is 40.8 Å². The van der Waals surface area contributed by atoms with Crippen LogP contribution in [0.3, 0.4) is 0 Å². The minimum Gasteiger partial charge on any atom is -0.507 e. The summed E-state index contributed by atoms with van der Waals surface area (Å²) in [5.74, 6) is -0.141. The van der Waals surface area contributed by atoms with Crippen LogP contribution in [-0.2, 0) is 5.75 Å². The first kappa shape index (κ1) is 22.3. The Labute approximate surface area is 196 Å². The second-order valence-corrected chi connectivity index (χ2v) is 8.15. The maximum atomic E-state index is 12.9.